The SMILES string of the molecule is Cc1ccc(-c2cc(NC(=O)CC(C)C3CC3)n[nH]2)s1. The lowest BCUT2D eigenvalue weighted by atomic mass is 10.0. The van der Waals surface area contributed by atoms with Gasteiger partial charge in [-0.3, -0.25) is 9.89 Å². The molecule has 1 fully saturated rings. The molecule has 2 N–H and O–H groups in total. The number of carbonyl (C=O) groups is 1. The normalized spacial score (nSPS) is 16.1. The summed E-state index contributed by atoms with van der Waals surface area (Å²) in [5, 5.41) is 10.0. The van der Waals surface area contributed by atoms with Crippen LogP contribution in [0.15, 0.2) is 18.2 Å². The number of aryl methyl sites for hydroxylation is 1. The average Bonchev–Trinajstić information content (AvgIpc) is 3.02. The molecule has 2 aromatic heterocycles. The first-order valence-corrected chi connectivity index (χ1v) is 7.85. The molecular weight excluding hydrogens is 270 g/mol. The van der Waals surface area contributed by atoms with Crippen molar-refractivity contribution in [3.8, 4) is 10.6 Å². The molecule has 0 bridgehead atoms. The number of anilines is 1. The molecule has 5 heteroatoms. The highest BCUT2D eigenvalue weighted by Gasteiger charge is 2.29. The maximum absolute atomic E-state index is 11.9. The number of rotatable bonds is 5. The summed E-state index contributed by atoms with van der Waals surface area (Å²) >= 11 is 1.71. The van der Waals surface area contributed by atoms with Crippen molar-refractivity contribution in [2.75, 3.05) is 5.32 Å². The second-order valence-electron chi connectivity index (χ2n) is 5.64. The molecule has 3 rings (SSSR count). The van der Waals surface area contributed by atoms with Crippen molar-refractivity contribution in [3.05, 3.63) is 23.1 Å². The third-order valence-corrected chi connectivity index (χ3v) is 4.82. The summed E-state index contributed by atoms with van der Waals surface area (Å²) < 4.78 is 0. The molecule has 0 aromatic carbocycles. The second-order valence-corrected chi connectivity index (χ2v) is 6.93. The molecule has 20 heavy (non-hydrogen) atoms. The molecule has 1 aliphatic rings. The first-order chi connectivity index (χ1) is 9.61. The average molecular weight is 289 g/mol. The topological polar surface area (TPSA) is 57.8 Å². The van der Waals surface area contributed by atoms with E-state index >= 15 is 0 Å². The maximum Gasteiger partial charge on any atom is 0.225 e. The van der Waals surface area contributed by atoms with E-state index in [2.05, 4.69) is 41.5 Å². The number of aromatic amines is 1. The summed E-state index contributed by atoms with van der Waals surface area (Å²) in [5.41, 5.74) is 0.952. The number of nitrogens with one attached hydrogen (secondary N) is 2. The van der Waals surface area contributed by atoms with Crippen LogP contribution in [0.25, 0.3) is 10.6 Å². The van der Waals surface area contributed by atoms with Gasteiger partial charge in [0.05, 0.1) is 10.6 Å². The van der Waals surface area contributed by atoms with Crippen molar-refractivity contribution in [1.29, 1.82) is 0 Å². The standard InChI is InChI=1S/C15H19N3OS/c1-9(11-4-5-11)7-15(19)16-14-8-12(17-18-14)13-6-3-10(2)20-13/h3,6,8-9,11H,4-5,7H2,1-2H3,(H2,16,17,18,19). The van der Waals surface area contributed by atoms with E-state index in [-0.39, 0.29) is 5.91 Å². The molecule has 1 saturated carbocycles. The van der Waals surface area contributed by atoms with Gasteiger partial charge in [0.15, 0.2) is 5.82 Å². The Kier molecular flexibility index (Phi) is 3.61. The van der Waals surface area contributed by atoms with Gasteiger partial charge in [0.25, 0.3) is 0 Å². The Bertz CT molecular complexity index is 612. The highest BCUT2D eigenvalue weighted by molar-refractivity contribution is 7.15. The van der Waals surface area contributed by atoms with E-state index in [1.54, 1.807) is 11.3 Å². The lowest BCUT2D eigenvalue weighted by Crippen LogP contribution is -2.16. The Morgan fingerprint density at radius 2 is 2.35 bits per heavy atom. The van der Waals surface area contributed by atoms with Gasteiger partial charge in [-0.25, -0.2) is 0 Å². The minimum atomic E-state index is 0.0600. The van der Waals surface area contributed by atoms with Crippen molar-refractivity contribution < 1.29 is 4.79 Å². The molecule has 0 spiro atoms. The van der Waals surface area contributed by atoms with Gasteiger partial charge in [-0.1, -0.05) is 6.92 Å². The first-order valence-electron chi connectivity index (χ1n) is 7.04. The fourth-order valence-corrected chi connectivity index (χ4v) is 3.24. The monoisotopic (exact) mass is 289 g/mol. The molecule has 0 radical (unpaired) electrons. The molecule has 2 aromatic rings. The third kappa shape index (κ3) is 3.10. The summed E-state index contributed by atoms with van der Waals surface area (Å²) in [4.78, 5) is 14.3. The van der Waals surface area contributed by atoms with Crippen LogP contribution in [0.5, 0.6) is 0 Å². The van der Waals surface area contributed by atoms with E-state index in [4.69, 9.17) is 0 Å². The van der Waals surface area contributed by atoms with Crippen LogP contribution in [0.1, 0.15) is 31.1 Å². The molecule has 2 heterocycles. The fourth-order valence-electron chi connectivity index (χ4n) is 2.41. The summed E-state index contributed by atoms with van der Waals surface area (Å²) in [6.45, 7) is 4.23. The van der Waals surface area contributed by atoms with E-state index < -0.39 is 0 Å². The van der Waals surface area contributed by atoms with Gasteiger partial charge in [0, 0.05) is 17.4 Å². The molecule has 0 saturated heterocycles. The van der Waals surface area contributed by atoms with Crippen LogP contribution in [0.4, 0.5) is 5.82 Å². The van der Waals surface area contributed by atoms with Crippen LogP contribution in [-0.2, 0) is 4.79 Å². The van der Waals surface area contributed by atoms with E-state index in [9.17, 15) is 4.79 Å². The summed E-state index contributed by atoms with van der Waals surface area (Å²) in [7, 11) is 0. The van der Waals surface area contributed by atoms with Gasteiger partial charge in [0.2, 0.25) is 5.91 Å². The largest absolute Gasteiger partial charge is 0.309 e. The number of nitrogens with zero attached hydrogens (tertiary/aromatic N) is 1. The lowest BCUT2D eigenvalue weighted by molar-refractivity contribution is -0.117. The molecule has 4 nitrogen and oxygen atoms in total. The summed E-state index contributed by atoms with van der Waals surface area (Å²) in [5.74, 6) is 1.90. The number of amides is 1. The lowest BCUT2D eigenvalue weighted by Gasteiger charge is -2.08. The number of aromatic nitrogens is 2. The molecule has 1 unspecified atom stereocenters. The Balaban J connectivity index is 1.60. The van der Waals surface area contributed by atoms with Crippen LogP contribution in [-0.4, -0.2) is 16.1 Å². The van der Waals surface area contributed by atoms with Crippen LogP contribution in [0.2, 0.25) is 0 Å². The number of H-pyrrole nitrogens is 1. The number of thiophene rings is 1. The quantitative estimate of drug-likeness (QED) is 0.879. The Morgan fingerprint density at radius 1 is 1.55 bits per heavy atom. The number of carbonyl (C=O) groups excluding carboxylic acids is 1. The molecule has 106 valence electrons. The van der Waals surface area contributed by atoms with Gasteiger partial charge >= 0.3 is 0 Å². The second kappa shape index (κ2) is 5.40. The summed E-state index contributed by atoms with van der Waals surface area (Å²) in [6, 6.07) is 6.04. The van der Waals surface area contributed by atoms with Crippen LogP contribution < -0.4 is 5.32 Å². The molecule has 1 atom stereocenters. The smallest absolute Gasteiger partial charge is 0.225 e. The van der Waals surface area contributed by atoms with Crippen molar-refractivity contribution in [2.24, 2.45) is 11.8 Å². The van der Waals surface area contributed by atoms with E-state index in [1.165, 1.54) is 17.7 Å². The molecule has 1 aliphatic carbocycles. The van der Waals surface area contributed by atoms with E-state index in [0.717, 1.165) is 16.5 Å². The zero-order valence-corrected chi connectivity index (χ0v) is 12.6. The van der Waals surface area contributed by atoms with Gasteiger partial charge in [-0.05, 0) is 43.7 Å². The highest BCUT2D eigenvalue weighted by atomic mass is 32.1. The first kappa shape index (κ1) is 13.4. The van der Waals surface area contributed by atoms with Crippen LogP contribution >= 0.6 is 11.3 Å². The fraction of sp³-hybridized carbons (Fsp3) is 0.467. The van der Waals surface area contributed by atoms with Crippen LogP contribution in [0.3, 0.4) is 0 Å². The van der Waals surface area contributed by atoms with Crippen LogP contribution in [0, 0.1) is 18.8 Å². The Labute approximate surface area is 122 Å². The van der Waals surface area contributed by atoms with Crippen molar-refractivity contribution in [2.45, 2.75) is 33.1 Å². The zero-order chi connectivity index (χ0) is 14.1. The molecule has 1 amide bonds. The molecule has 0 aliphatic heterocycles. The van der Waals surface area contributed by atoms with Crippen molar-refractivity contribution >= 4 is 23.1 Å². The van der Waals surface area contributed by atoms with Gasteiger partial charge in [-0.2, -0.15) is 5.10 Å². The molecular formula is C15H19N3OS. The summed E-state index contributed by atoms with van der Waals surface area (Å²) in [6.07, 6.45) is 3.14. The maximum atomic E-state index is 11.9. The number of hydrogen-bond acceptors (Lipinski definition) is 3. The van der Waals surface area contributed by atoms with Crippen molar-refractivity contribution in [3.63, 3.8) is 0 Å². The minimum Gasteiger partial charge on any atom is -0.309 e. The highest BCUT2D eigenvalue weighted by Crippen LogP contribution is 2.38. The predicted octanol–water partition coefficient (Wildman–Crippen LogP) is 3.82. The zero-order valence-electron chi connectivity index (χ0n) is 11.8. The van der Waals surface area contributed by atoms with E-state index in [1.807, 2.05) is 6.07 Å². The number of hydrogen-bond donors (Lipinski definition) is 2. The third-order valence-electron chi connectivity index (χ3n) is 3.79. The van der Waals surface area contributed by atoms with Gasteiger partial charge in [-0.15, -0.1) is 11.3 Å². The van der Waals surface area contributed by atoms with E-state index in [0.29, 0.717) is 18.2 Å². The minimum absolute atomic E-state index is 0.0600. The van der Waals surface area contributed by atoms with Gasteiger partial charge in [0.1, 0.15) is 0 Å². The Hall–Kier alpha value is -1.62. The Morgan fingerprint density at radius 3 is 3.00 bits per heavy atom. The predicted molar refractivity (Wildman–Crippen MR) is 81.8 cm³/mol. The van der Waals surface area contributed by atoms with Gasteiger partial charge < -0.3 is 5.32 Å². The van der Waals surface area contributed by atoms with Crippen molar-refractivity contribution in [1.82, 2.24) is 10.2 Å².